The standard InChI is InChI=1S/C14H27N/c1-4-5-11-10-13(11)15-12-6-8-14(2,3)9-7-12/h11-13,15H,4-10H2,1-3H3. The minimum atomic E-state index is 0.616. The van der Waals surface area contributed by atoms with Crippen molar-refractivity contribution >= 4 is 0 Å². The highest BCUT2D eigenvalue weighted by molar-refractivity contribution is 4.95. The quantitative estimate of drug-likeness (QED) is 0.744. The van der Waals surface area contributed by atoms with E-state index in [9.17, 15) is 0 Å². The molecule has 1 nitrogen and oxygen atoms in total. The molecular formula is C14H27N. The minimum absolute atomic E-state index is 0.616. The highest BCUT2D eigenvalue weighted by Crippen LogP contribution is 2.39. The molecule has 0 bridgehead atoms. The zero-order valence-corrected chi connectivity index (χ0v) is 10.7. The minimum Gasteiger partial charge on any atom is -0.311 e. The Bertz CT molecular complexity index is 199. The first-order valence-electron chi connectivity index (χ1n) is 6.87. The molecule has 2 saturated carbocycles. The van der Waals surface area contributed by atoms with E-state index in [0.717, 1.165) is 18.0 Å². The van der Waals surface area contributed by atoms with E-state index < -0.39 is 0 Å². The molecule has 1 heteroatoms. The van der Waals surface area contributed by atoms with E-state index in [1.54, 1.807) is 0 Å². The molecule has 0 heterocycles. The Labute approximate surface area is 95.0 Å². The third-order valence-electron chi connectivity index (χ3n) is 4.37. The first-order valence-corrected chi connectivity index (χ1v) is 6.87. The van der Waals surface area contributed by atoms with Crippen molar-refractivity contribution in [3.63, 3.8) is 0 Å². The lowest BCUT2D eigenvalue weighted by molar-refractivity contribution is 0.204. The maximum atomic E-state index is 3.87. The van der Waals surface area contributed by atoms with Gasteiger partial charge >= 0.3 is 0 Å². The molecule has 0 aromatic heterocycles. The maximum Gasteiger partial charge on any atom is 0.0102 e. The Hall–Kier alpha value is -0.0400. The molecule has 1 N–H and O–H groups in total. The molecule has 0 aromatic carbocycles. The summed E-state index contributed by atoms with van der Waals surface area (Å²) in [6.07, 6.45) is 9.89. The van der Waals surface area contributed by atoms with Crippen LogP contribution in [-0.4, -0.2) is 12.1 Å². The summed E-state index contributed by atoms with van der Waals surface area (Å²) >= 11 is 0. The average molecular weight is 209 g/mol. The van der Waals surface area contributed by atoms with Crippen molar-refractivity contribution in [1.29, 1.82) is 0 Å². The topological polar surface area (TPSA) is 12.0 Å². The van der Waals surface area contributed by atoms with Gasteiger partial charge in [0.25, 0.3) is 0 Å². The number of hydrogen-bond donors (Lipinski definition) is 1. The van der Waals surface area contributed by atoms with Crippen molar-refractivity contribution in [2.24, 2.45) is 11.3 Å². The molecule has 2 fully saturated rings. The summed E-state index contributed by atoms with van der Waals surface area (Å²) in [4.78, 5) is 0. The van der Waals surface area contributed by atoms with Gasteiger partial charge in [-0.1, -0.05) is 27.2 Å². The summed E-state index contributed by atoms with van der Waals surface area (Å²) in [5.41, 5.74) is 0.616. The van der Waals surface area contributed by atoms with Crippen molar-refractivity contribution in [3.8, 4) is 0 Å². The molecule has 0 amide bonds. The van der Waals surface area contributed by atoms with Gasteiger partial charge in [0.1, 0.15) is 0 Å². The molecule has 2 atom stereocenters. The van der Waals surface area contributed by atoms with Gasteiger partial charge in [-0.15, -0.1) is 0 Å². The van der Waals surface area contributed by atoms with Crippen LogP contribution in [0.2, 0.25) is 0 Å². The number of hydrogen-bond acceptors (Lipinski definition) is 1. The molecule has 0 radical (unpaired) electrons. The van der Waals surface area contributed by atoms with Gasteiger partial charge in [0.15, 0.2) is 0 Å². The lowest BCUT2D eigenvalue weighted by atomic mass is 9.75. The summed E-state index contributed by atoms with van der Waals surface area (Å²) in [5, 5.41) is 3.87. The maximum absolute atomic E-state index is 3.87. The van der Waals surface area contributed by atoms with Gasteiger partial charge in [-0.05, 0) is 49.9 Å². The van der Waals surface area contributed by atoms with Crippen LogP contribution in [0.5, 0.6) is 0 Å². The van der Waals surface area contributed by atoms with E-state index in [2.05, 4.69) is 26.1 Å². The second-order valence-electron chi connectivity index (χ2n) is 6.50. The Morgan fingerprint density at radius 1 is 1.20 bits per heavy atom. The van der Waals surface area contributed by atoms with Gasteiger partial charge in [-0.2, -0.15) is 0 Å². The molecule has 2 unspecified atom stereocenters. The second-order valence-corrected chi connectivity index (χ2v) is 6.50. The average Bonchev–Trinajstić information content (AvgIpc) is 2.89. The van der Waals surface area contributed by atoms with Crippen LogP contribution in [-0.2, 0) is 0 Å². The first kappa shape index (κ1) is 11.4. The molecule has 0 saturated heterocycles. The molecule has 88 valence electrons. The first-order chi connectivity index (χ1) is 7.11. The Morgan fingerprint density at radius 2 is 1.87 bits per heavy atom. The fourth-order valence-corrected chi connectivity index (χ4v) is 3.01. The highest BCUT2D eigenvalue weighted by Gasteiger charge is 2.38. The monoisotopic (exact) mass is 209 g/mol. The van der Waals surface area contributed by atoms with Crippen molar-refractivity contribution in [2.45, 2.75) is 77.8 Å². The van der Waals surface area contributed by atoms with Crippen molar-refractivity contribution in [3.05, 3.63) is 0 Å². The van der Waals surface area contributed by atoms with Crippen LogP contribution in [0.25, 0.3) is 0 Å². The fourth-order valence-electron chi connectivity index (χ4n) is 3.01. The lowest BCUT2D eigenvalue weighted by Gasteiger charge is -2.34. The molecule has 0 aliphatic heterocycles. The third-order valence-corrected chi connectivity index (χ3v) is 4.37. The number of nitrogens with one attached hydrogen (secondary N) is 1. The van der Waals surface area contributed by atoms with Crippen molar-refractivity contribution in [1.82, 2.24) is 5.32 Å². The third kappa shape index (κ3) is 3.21. The predicted octanol–water partition coefficient (Wildman–Crippen LogP) is 3.73. The van der Waals surface area contributed by atoms with Gasteiger partial charge in [0, 0.05) is 12.1 Å². The zero-order valence-electron chi connectivity index (χ0n) is 10.7. The van der Waals surface area contributed by atoms with Crippen LogP contribution in [0, 0.1) is 11.3 Å². The molecule has 2 rings (SSSR count). The Kier molecular flexibility index (Phi) is 3.39. The molecule has 2 aliphatic rings. The van der Waals surface area contributed by atoms with E-state index >= 15 is 0 Å². The molecule has 2 aliphatic carbocycles. The van der Waals surface area contributed by atoms with Gasteiger partial charge in [-0.25, -0.2) is 0 Å². The van der Waals surface area contributed by atoms with Crippen molar-refractivity contribution < 1.29 is 0 Å². The Balaban J connectivity index is 1.66. The van der Waals surface area contributed by atoms with Crippen LogP contribution >= 0.6 is 0 Å². The van der Waals surface area contributed by atoms with Crippen molar-refractivity contribution in [2.75, 3.05) is 0 Å². The predicted molar refractivity (Wildman–Crippen MR) is 66.0 cm³/mol. The lowest BCUT2D eigenvalue weighted by Crippen LogP contribution is -2.37. The van der Waals surface area contributed by atoms with E-state index in [1.807, 2.05) is 0 Å². The SMILES string of the molecule is CCCC1CC1NC1CCC(C)(C)CC1. The van der Waals surface area contributed by atoms with Gasteiger partial charge in [0.2, 0.25) is 0 Å². The summed E-state index contributed by atoms with van der Waals surface area (Å²) < 4.78 is 0. The van der Waals surface area contributed by atoms with Gasteiger partial charge in [-0.3, -0.25) is 0 Å². The molecule has 0 aromatic rings. The normalized spacial score (nSPS) is 35.4. The smallest absolute Gasteiger partial charge is 0.0102 e. The van der Waals surface area contributed by atoms with Crippen LogP contribution in [0.1, 0.15) is 65.7 Å². The summed E-state index contributed by atoms with van der Waals surface area (Å²) in [6.45, 7) is 7.14. The summed E-state index contributed by atoms with van der Waals surface area (Å²) in [5.74, 6) is 1.02. The Morgan fingerprint density at radius 3 is 2.47 bits per heavy atom. The van der Waals surface area contributed by atoms with E-state index in [4.69, 9.17) is 0 Å². The van der Waals surface area contributed by atoms with E-state index in [-0.39, 0.29) is 0 Å². The van der Waals surface area contributed by atoms with Crippen LogP contribution in [0.4, 0.5) is 0 Å². The largest absolute Gasteiger partial charge is 0.311 e. The van der Waals surface area contributed by atoms with Gasteiger partial charge in [0.05, 0.1) is 0 Å². The molecule has 15 heavy (non-hydrogen) atoms. The van der Waals surface area contributed by atoms with Crippen LogP contribution in [0.3, 0.4) is 0 Å². The van der Waals surface area contributed by atoms with E-state index in [1.165, 1.54) is 44.9 Å². The van der Waals surface area contributed by atoms with Crippen LogP contribution < -0.4 is 5.32 Å². The summed E-state index contributed by atoms with van der Waals surface area (Å²) in [6, 6.07) is 1.72. The van der Waals surface area contributed by atoms with Crippen LogP contribution in [0.15, 0.2) is 0 Å². The zero-order chi connectivity index (χ0) is 10.9. The number of rotatable bonds is 4. The summed E-state index contributed by atoms with van der Waals surface area (Å²) in [7, 11) is 0. The molecular weight excluding hydrogens is 182 g/mol. The van der Waals surface area contributed by atoms with E-state index in [0.29, 0.717) is 5.41 Å². The molecule has 0 spiro atoms. The second kappa shape index (κ2) is 4.45. The van der Waals surface area contributed by atoms with Gasteiger partial charge < -0.3 is 5.32 Å². The highest BCUT2D eigenvalue weighted by atomic mass is 15.0. The fraction of sp³-hybridized carbons (Fsp3) is 1.00.